The van der Waals surface area contributed by atoms with Crippen molar-refractivity contribution in [3.63, 3.8) is 0 Å². The molecular formula is C47H38N2O8S. The van der Waals surface area contributed by atoms with Crippen molar-refractivity contribution in [1.29, 1.82) is 0 Å². The zero-order chi connectivity index (χ0) is 40.0. The maximum absolute atomic E-state index is 14.5. The predicted octanol–water partition coefficient (Wildman–Crippen LogP) is 7.01. The van der Waals surface area contributed by atoms with Gasteiger partial charge in [0, 0.05) is 12.0 Å². The first kappa shape index (κ1) is 38.2. The van der Waals surface area contributed by atoms with Crippen LogP contribution in [0.25, 0.3) is 0 Å². The van der Waals surface area contributed by atoms with Gasteiger partial charge in [-0.1, -0.05) is 152 Å². The third-order valence-corrected chi connectivity index (χ3v) is 11.7. The predicted molar refractivity (Wildman–Crippen MR) is 216 cm³/mol. The van der Waals surface area contributed by atoms with E-state index >= 15 is 0 Å². The average molecular weight is 791 g/mol. The summed E-state index contributed by atoms with van der Waals surface area (Å²) in [5.74, 6) is -2.41. The van der Waals surface area contributed by atoms with E-state index in [1.807, 2.05) is 140 Å². The van der Waals surface area contributed by atoms with Crippen LogP contribution < -0.4 is 5.32 Å². The molecule has 0 aliphatic carbocycles. The van der Waals surface area contributed by atoms with E-state index in [0.717, 1.165) is 16.7 Å². The van der Waals surface area contributed by atoms with Gasteiger partial charge in [-0.05, 0) is 51.1 Å². The number of ether oxygens (including phenoxy) is 2. The Morgan fingerprint density at radius 1 is 0.672 bits per heavy atom. The lowest BCUT2D eigenvalue weighted by Gasteiger charge is -2.49. The highest BCUT2D eigenvalue weighted by atomic mass is 32.2. The van der Waals surface area contributed by atoms with Crippen molar-refractivity contribution in [2.75, 3.05) is 5.75 Å². The molecule has 3 heterocycles. The molecule has 0 bridgehead atoms. The average Bonchev–Trinajstić information content (AvgIpc) is 3.74. The third kappa shape index (κ3) is 8.22. The molecule has 5 aromatic carbocycles. The summed E-state index contributed by atoms with van der Waals surface area (Å²) in [5, 5.41) is 1.75. The van der Waals surface area contributed by atoms with Gasteiger partial charge < -0.3 is 23.8 Å². The number of nitrogens with zero attached hydrogens (tertiary/aromatic N) is 1. The van der Waals surface area contributed by atoms with Crippen molar-refractivity contribution >= 4 is 34.9 Å². The van der Waals surface area contributed by atoms with Crippen LogP contribution in [0.15, 0.2) is 179 Å². The molecule has 0 radical (unpaired) electrons. The summed E-state index contributed by atoms with van der Waals surface area (Å²) < 4.78 is 32.2. The Bertz CT molecular complexity index is 2350. The van der Waals surface area contributed by atoms with E-state index in [2.05, 4.69) is 5.32 Å². The highest BCUT2D eigenvalue weighted by Crippen LogP contribution is 2.40. The number of amides is 2. The normalized spacial score (nSPS) is 17.4. The number of benzene rings is 5. The fraction of sp³-hybridized carbons (Fsp3) is 0.149. The minimum absolute atomic E-state index is 0.0243. The van der Waals surface area contributed by atoms with E-state index in [4.69, 9.17) is 13.9 Å². The van der Waals surface area contributed by atoms with E-state index in [1.54, 1.807) is 18.2 Å². The van der Waals surface area contributed by atoms with Crippen molar-refractivity contribution in [1.82, 2.24) is 10.2 Å². The number of carbonyl (C=O) groups is 4. The van der Waals surface area contributed by atoms with Crippen LogP contribution in [-0.2, 0) is 47.9 Å². The van der Waals surface area contributed by atoms with E-state index in [0.29, 0.717) is 16.7 Å². The van der Waals surface area contributed by atoms with E-state index < -0.39 is 58.6 Å². The second-order valence-corrected chi connectivity index (χ2v) is 15.5. The lowest BCUT2D eigenvalue weighted by atomic mass is 9.99. The molecule has 6 aromatic rings. The second-order valence-electron chi connectivity index (χ2n) is 13.9. The number of carbonyl (C=O) groups excluding carboxylic acids is 4. The van der Waals surface area contributed by atoms with Gasteiger partial charge in [-0.2, -0.15) is 0 Å². The second kappa shape index (κ2) is 17.2. The van der Waals surface area contributed by atoms with Crippen LogP contribution in [0.2, 0.25) is 0 Å². The fourth-order valence-electron chi connectivity index (χ4n) is 7.27. The molecule has 10 nitrogen and oxygen atoms in total. The van der Waals surface area contributed by atoms with Gasteiger partial charge >= 0.3 is 11.9 Å². The van der Waals surface area contributed by atoms with Crippen LogP contribution in [0, 0.1) is 0 Å². The zero-order valence-electron chi connectivity index (χ0n) is 31.1. The molecule has 1 saturated heterocycles. The molecule has 2 aliphatic rings. The number of nitrogens with one attached hydrogen (secondary N) is 1. The Balaban J connectivity index is 1.08. The van der Waals surface area contributed by atoms with Crippen molar-refractivity contribution in [2.24, 2.45) is 0 Å². The van der Waals surface area contributed by atoms with Crippen LogP contribution in [0.5, 0.6) is 0 Å². The molecule has 8 rings (SSSR count). The molecule has 58 heavy (non-hydrogen) atoms. The topological polar surface area (TPSA) is 138 Å². The third-order valence-electron chi connectivity index (χ3n) is 10.0. The number of fused-ring (bicyclic) bond motifs is 1. The Kier molecular flexibility index (Phi) is 11.3. The van der Waals surface area contributed by atoms with Gasteiger partial charge in [-0.3, -0.25) is 14.5 Å². The van der Waals surface area contributed by atoms with Gasteiger partial charge in [0.2, 0.25) is 17.0 Å². The highest BCUT2D eigenvalue weighted by Gasteiger charge is 2.61. The van der Waals surface area contributed by atoms with Gasteiger partial charge in [0.1, 0.15) is 17.2 Å². The van der Waals surface area contributed by atoms with E-state index in [9.17, 15) is 23.7 Å². The fourth-order valence-corrected chi connectivity index (χ4v) is 8.96. The summed E-state index contributed by atoms with van der Waals surface area (Å²) in [6, 6.07) is 48.2. The molecule has 1 aromatic heterocycles. The standard InChI is InChI=1S/C47H38N2O8S/c50-39(28-31-16-6-1-7-17-31)48-40-44(51)49-41(47(53)57-43(34-22-12-4-13-23-34)35-24-14-5-15-25-35)36(30-58(54)45(40)49)29-37-26-27-38(55-37)46(52)56-42(32-18-8-2-9-19-32)33-20-10-3-11-21-33/h1-27,40,42-43,45H,28-30H2,(H,48,50)/t40-,45-,58?/m1/s1. The highest BCUT2D eigenvalue weighted by molar-refractivity contribution is 7.92. The maximum atomic E-state index is 14.5. The number of rotatable bonds is 13. The number of esters is 2. The minimum Gasteiger partial charge on any atom is -0.614 e. The monoisotopic (exact) mass is 790 g/mol. The summed E-state index contributed by atoms with van der Waals surface area (Å²) >= 11 is -1.73. The van der Waals surface area contributed by atoms with Crippen molar-refractivity contribution in [3.05, 3.63) is 214 Å². The van der Waals surface area contributed by atoms with Crippen LogP contribution in [0.4, 0.5) is 0 Å². The molecule has 1 N–H and O–H groups in total. The first-order valence-corrected chi connectivity index (χ1v) is 20.2. The SMILES string of the molecule is O=C(Cc1ccccc1)N[C@@H]1C(=O)N2C(C(=O)OC(c3ccccc3)c3ccccc3)=C(Cc3ccc(C(=O)OC(c4ccccc4)c4ccccc4)o3)C[S+]([O-])[C@H]12. The van der Waals surface area contributed by atoms with Gasteiger partial charge in [-0.25, -0.2) is 9.59 Å². The van der Waals surface area contributed by atoms with Gasteiger partial charge in [0.15, 0.2) is 18.2 Å². The molecule has 3 atom stereocenters. The summed E-state index contributed by atoms with van der Waals surface area (Å²) in [6.07, 6.45) is -1.57. The zero-order valence-corrected chi connectivity index (χ0v) is 32.0. The smallest absolute Gasteiger partial charge is 0.375 e. The van der Waals surface area contributed by atoms with Gasteiger partial charge in [0.25, 0.3) is 5.91 Å². The maximum Gasteiger partial charge on any atom is 0.375 e. The molecular weight excluding hydrogens is 753 g/mol. The largest absolute Gasteiger partial charge is 0.614 e. The lowest BCUT2D eigenvalue weighted by Crippen LogP contribution is -2.75. The number of β-lactam (4-membered cyclic amide) rings is 1. The lowest BCUT2D eigenvalue weighted by molar-refractivity contribution is -0.155. The van der Waals surface area contributed by atoms with Crippen LogP contribution in [-0.4, -0.2) is 50.4 Å². The van der Waals surface area contributed by atoms with E-state index in [-0.39, 0.29) is 35.8 Å². The molecule has 11 heteroatoms. The molecule has 2 amide bonds. The summed E-state index contributed by atoms with van der Waals surface area (Å²) in [4.78, 5) is 56.3. The Morgan fingerprint density at radius 2 is 1.14 bits per heavy atom. The van der Waals surface area contributed by atoms with Gasteiger partial charge in [0.05, 0.1) is 6.42 Å². The van der Waals surface area contributed by atoms with Crippen LogP contribution >= 0.6 is 0 Å². The summed E-state index contributed by atoms with van der Waals surface area (Å²) in [6.45, 7) is 0. The van der Waals surface area contributed by atoms with Gasteiger partial charge in [-0.15, -0.1) is 0 Å². The number of hydrogen-bond acceptors (Lipinski definition) is 8. The van der Waals surface area contributed by atoms with Crippen molar-refractivity contribution < 1.29 is 37.6 Å². The van der Waals surface area contributed by atoms with E-state index in [1.165, 1.54) is 11.0 Å². The molecule has 0 spiro atoms. The van der Waals surface area contributed by atoms with Crippen molar-refractivity contribution in [3.8, 4) is 0 Å². The summed E-state index contributed by atoms with van der Waals surface area (Å²) in [7, 11) is 0. The molecule has 1 fully saturated rings. The minimum atomic E-state index is -1.73. The molecule has 0 saturated carbocycles. The first-order chi connectivity index (χ1) is 28.3. The molecule has 290 valence electrons. The number of hydrogen-bond donors (Lipinski definition) is 1. The molecule has 2 aliphatic heterocycles. The Labute approximate surface area is 338 Å². The van der Waals surface area contributed by atoms with Crippen molar-refractivity contribution in [2.45, 2.75) is 36.5 Å². The van der Waals surface area contributed by atoms with Crippen LogP contribution in [0.3, 0.4) is 0 Å². The Morgan fingerprint density at radius 3 is 1.64 bits per heavy atom. The first-order valence-electron chi connectivity index (χ1n) is 18.8. The Hall–Kier alpha value is -6.69. The molecule has 1 unspecified atom stereocenters. The summed E-state index contributed by atoms with van der Waals surface area (Å²) in [5.41, 5.74) is 3.97. The quantitative estimate of drug-likeness (QED) is 0.0750. The number of furan rings is 1. The van der Waals surface area contributed by atoms with Crippen LogP contribution in [0.1, 0.15) is 56.3 Å².